The van der Waals surface area contributed by atoms with Crippen molar-refractivity contribution in [1.82, 2.24) is 4.98 Å². The highest BCUT2D eigenvalue weighted by Crippen LogP contribution is 2.28. The fourth-order valence-electron chi connectivity index (χ4n) is 2.85. The molecule has 0 aliphatic rings. The lowest BCUT2D eigenvalue weighted by molar-refractivity contribution is -0.115. The van der Waals surface area contributed by atoms with E-state index in [0.29, 0.717) is 21.9 Å². The zero-order chi connectivity index (χ0) is 17.6. The molecule has 0 bridgehead atoms. The smallest absolute Gasteiger partial charge is 0.340 e. The summed E-state index contributed by atoms with van der Waals surface area (Å²) in [7, 11) is 0. The van der Waals surface area contributed by atoms with Crippen molar-refractivity contribution in [2.45, 2.75) is 20.3 Å². The second-order valence-electron chi connectivity index (χ2n) is 5.82. The van der Waals surface area contributed by atoms with Crippen LogP contribution in [-0.2, 0) is 11.2 Å². The van der Waals surface area contributed by atoms with Gasteiger partial charge in [0, 0.05) is 28.4 Å². The van der Waals surface area contributed by atoms with E-state index < -0.39 is 5.63 Å². The fourth-order valence-corrected chi connectivity index (χ4v) is 3.40. The molecule has 0 unspecified atom stereocenters. The number of amides is 1. The molecule has 7 heteroatoms. The van der Waals surface area contributed by atoms with Crippen LogP contribution in [0.4, 0.5) is 5.13 Å². The summed E-state index contributed by atoms with van der Waals surface area (Å²) in [5.41, 5.74) is 2.70. The Morgan fingerprint density at radius 3 is 2.84 bits per heavy atom. The SMILES string of the molecule is Cc1coc2cc3oc(=O)c(CC(=O)Nc4nccs4)c(C)c3cc12. The third-order valence-electron chi connectivity index (χ3n) is 4.19. The first kappa shape index (κ1) is 15.6. The molecule has 0 atom stereocenters. The second-order valence-corrected chi connectivity index (χ2v) is 6.71. The number of aryl methyl sites for hydroxylation is 2. The molecule has 4 rings (SSSR count). The van der Waals surface area contributed by atoms with Crippen molar-refractivity contribution in [3.8, 4) is 0 Å². The maximum Gasteiger partial charge on any atom is 0.340 e. The molecule has 3 aromatic heterocycles. The van der Waals surface area contributed by atoms with Gasteiger partial charge in [0.2, 0.25) is 5.91 Å². The Kier molecular flexibility index (Phi) is 3.65. The van der Waals surface area contributed by atoms with Gasteiger partial charge < -0.3 is 14.2 Å². The van der Waals surface area contributed by atoms with Gasteiger partial charge in [0.25, 0.3) is 0 Å². The number of fused-ring (bicyclic) bond motifs is 2. The number of anilines is 1. The molecule has 1 aromatic carbocycles. The van der Waals surface area contributed by atoms with Crippen LogP contribution in [0, 0.1) is 13.8 Å². The highest BCUT2D eigenvalue weighted by molar-refractivity contribution is 7.13. The molecular weight excluding hydrogens is 340 g/mol. The Bertz CT molecular complexity index is 1160. The maximum absolute atomic E-state index is 12.3. The Hall–Kier alpha value is -2.93. The Balaban J connectivity index is 1.78. The summed E-state index contributed by atoms with van der Waals surface area (Å²) in [6, 6.07) is 3.65. The number of rotatable bonds is 3. The maximum atomic E-state index is 12.3. The van der Waals surface area contributed by atoms with Gasteiger partial charge in [-0.3, -0.25) is 4.79 Å². The number of hydrogen-bond donors (Lipinski definition) is 1. The standard InChI is InChI=1S/C18H14N2O4S/c1-9-8-23-14-7-15-12(5-11(9)14)10(2)13(17(22)24-15)6-16(21)20-18-19-3-4-25-18/h3-5,7-8H,6H2,1-2H3,(H,19,20,21). The van der Waals surface area contributed by atoms with E-state index >= 15 is 0 Å². The molecule has 0 aliphatic carbocycles. The summed E-state index contributed by atoms with van der Waals surface area (Å²) in [6.45, 7) is 3.78. The molecule has 0 saturated heterocycles. The van der Waals surface area contributed by atoms with Crippen molar-refractivity contribution in [3.63, 3.8) is 0 Å². The minimum Gasteiger partial charge on any atom is -0.464 e. The highest BCUT2D eigenvalue weighted by Gasteiger charge is 2.17. The van der Waals surface area contributed by atoms with E-state index in [9.17, 15) is 9.59 Å². The molecule has 1 amide bonds. The Morgan fingerprint density at radius 2 is 2.08 bits per heavy atom. The normalized spacial score (nSPS) is 11.3. The summed E-state index contributed by atoms with van der Waals surface area (Å²) in [5.74, 6) is -0.301. The molecule has 0 radical (unpaired) electrons. The average molecular weight is 354 g/mol. The van der Waals surface area contributed by atoms with Crippen LogP contribution in [0.3, 0.4) is 0 Å². The first-order valence-electron chi connectivity index (χ1n) is 7.66. The van der Waals surface area contributed by atoms with Gasteiger partial charge in [-0.15, -0.1) is 11.3 Å². The average Bonchev–Trinajstić information content (AvgIpc) is 3.20. The molecule has 6 nitrogen and oxygen atoms in total. The van der Waals surface area contributed by atoms with Crippen LogP contribution in [-0.4, -0.2) is 10.9 Å². The molecular formula is C18H14N2O4S. The van der Waals surface area contributed by atoms with E-state index in [-0.39, 0.29) is 12.3 Å². The number of nitrogens with one attached hydrogen (secondary N) is 1. The number of furan rings is 1. The van der Waals surface area contributed by atoms with Gasteiger partial charge in [-0.05, 0) is 31.0 Å². The second kappa shape index (κ2) is 5.86. The molecule has 126 valence electrons. The molecule has 1 N–H and O–H groups in total. The number of carbonyl (C=O) groups is 1. The van der Waals surface area contributed by atoms with Gasteiger partial charge in [-0.25, -0.2) is 9.78 Å². The molecule has 0 aliphatic heterocycles. The van der Waals surface area contributed by atoms with Gasteiger partial charge >= 0.3 is 5.63 Å². The van der Waals surface area contributed by atoms with Gasteiger partial charge in [0.05, 0.1) is 18.2 Å². The van der Waals surface area contributed by atoms with Crippen molar-refractivity contribution in [1.29, 1.82) is 0 Å². The summed E-state index contributed by atoms with van der Waals surface area (Å²) in [5, 5.41) is 6.71. The lowest BCUT2D eigenvalue weighted by Gasteiger charge is -2.08. The van der Waals surface area contributed by atoms with Crippen molar-refractivity contribution < 1.29 is 13.6 Å². The minimum absolute atomic E-state index is 0.0634. The van der Waals surface area contributed by atoms with Crippen LogP contribution >= 0.6 is 11.3 Å². The first-order chi connectivity index (χ1) is 12.0. The molecule has 3 heterocycles. The zero-order valence-electron chi connectivity index (χ0n) is 13.6. The fraction of sp³-hybridized carbons (Fsp3) is 0.167. The topological polar surface area (TPSA) is 85.3 Å². The van der Waals surface area contributed by atoms with E-state index in [0.717, 1.165) is 21.9 Å². The molecule has 0 spiro atoms. The third kappa shape index (κ3) is 2.72. The highest BCUT2D eigenvalue weighted by atomic mass is 32.1. The number of nitrogens with zero attached hydrogens (tertiary/aromatic N) is 1. The Labute approximate surface area is 146 Å². The minimum atomic E-state index is -0.512. The lowest BCUT2D eigenvalue weighted by Crippen LogP contribution is -2.20. The van der Waals surface area contributed by atoms with Crippen molar-refractivity contribution >= 4 is 44.3 Å². The van der Waals surface area contributed by atoms with Crippen LogP contribution in [0.15, 0.2) is 43.6 Å². The molecule has 4 aromatic rings. The summed E-state index contributed by atoms with van der Waals surface area (Å²) < 4.78 is 10.9. The van der Waals surface area contributed by atoms with Gasteiger partial charge in [0.15, 0.2) is 5.13 Å². The van der Waals surface area contributed by atoms with Crippen molar-refractivity contribution in [2.24, 2.45) is 0 Å². The number of benzene rings is 1. The number of hydrogen-bond acceptors (Lipinski definition) is 6. The largest absolute Gasteiger partial charge is 0.464 e. The van der Waals surface area contributed by atoms with Crippen LogP contribution < -0.4 is 10.9 Å². The van der Waals surface area contributed by atoms with Crippen molar-refractivity contribution in [2.75, 3.05) is 5.32 Å². The zero-order valence-corrected chi connectivity index (χ0v) is 14.4. The van der Waals surface area contributed by atoms with E-state index in [2.05, 4.69) is 10.3 Å². The lowest BCUT2D eigenvalue weighted by atomic mass is 10.0. The van der Waals surface area contributed by atoms with E-state index in [1.54, 1.807) is 23.9 Å². The van der Waals surface area contributed by atoms with Crippen LogP contribution in [0.2, 0.25) is 0 Å². The van der Waals surface area contributed by atoms with E-state index in [1.807, 2.05) is 19.9 Å². The summed E-state index contributed by atoms with van der Waals surface area (Å²) in [6.07, 6.45) is 3.21. The number of thiazole rings is 1. The number of carbonyl (C=O) groups excluding carboxylic acids is 1. The van der Waals surface area contributed by atoms with Gasteiger partial charge in [-0.2, -0.15) is 0 Å². The van der Waals surface area contributed by atoms with Crippen LogP contribution in [0.25, 0.3) is 21.9 Å². The summed E-state index contributed by atoms with van der Waals surface area (Å²) in [4.78, 5) is 28.6. The van der Waals surface area contributed by atoms with Crippen molar-refractivity contribution in [3.05, 3.63) is 57.1 Å². The predicted molar refractivity (Wildman–Crippen MR) is 96.2 cm³/mol. The summed E-state index contributed by atoms with van der Waals surface area (Å²) >= 11 is 1.32. The molecule has 25 heavy (non-hydrogen) atoms. The monoisotopic (exact) mass is 354 g/mol. The molecule has 0 saturated carbocycles. The van der Waals surface area contributed by atoms with E-state index in [4.69, 9.17) is 8.83 Å². The number of aromatic nitrogens is 1. The van der Waals surface area contributed by atoms with Crippen LogP contribution in [0.5, 0.6) is 0 Å². The van der Waals surface area contributed by atoms with Crippen LogP contribution in [0.1, 0.15) is 16.7 Å². The quantitative estimate of drug-likeness (QED) is 0.566. The molecule has 0 fully saturated rings. The third-order valence-corrected chi connectivity index (χ3v) is 4.88. The van der Waals surface area contributed by atoms with Gasteiger partial charge in [-0.1, -0.05) is 0 Å². The Morgan fingerprint density at radius 1 is 1.24 bits per heavy atom. The predicted octanol–water partition coefficient (Wildman–Crippen LogP) is 3.79. The van der Waals surface area contributed by atoms with Gasteiger partial charge in [0.1, 0.15) is 11.2 Å². The first-order valence-corrected chi connectivity index (χ1v) is 8.54. The van der Waals surface area contributed by atoms with E-state index in [1.165, 1.54) is 11.3 Å².